The highest BCUT2D eigenvalue weighted by atomic mass is 15.3. The van der Waals surface area contributed by atoms with E-state index in [1.807, 2.05) is 0 Å². The van der Waals surface area contributed by atoms with Crippen molar-refractivity contribution >= 4 is 0 Å². The topological polar surface area (TPSA) is 21.1 Å². The number of terminal acetylenes is 1. The number of rotatable bonds is 2. The van der Waals surface area contributed by atoms with E-state index < -0.39 is 0 Å². The van der Waals surface area contributed by atoms with Gasteiger partial charge in [-0.15, -0.1) is 6.42 Å². The van der Waals surface area contributed by atoms with Gasteiger partial charge >= 0.3 is 0 Å². The quantitative estimate of drug-likeness (QED) is 0.723. The van der Waals surface area contributed by atoms with Crippen LogP contribution in [-0.2, 0) is 13.1 Å². The van der Waals surface area contributed by atoms with E-state index in [0.717, 1.165) is 26.2 Å². The minimum atomic E-state index is 0.717. The predicted octanol–water partition coefficient (Wildman–Crippen LogP) is 1.99. The van der Waals surface area contributed by atoms with Crippen LogP contribution in [0, 0.1) is 12.3 Å². The van der Waals surface area contributed by atoms with Gasteiger partial charge in [-0.1, -0.05) is 18.8 Å². The molecule has 17 heavy (non-hydrogen) atoms. The molecule has 0 aromatic carbocycles. The highest BCUT2D eigenvalue weighted by molar-refractivity contribution is 5.17. The molecule has 1 aliphatic carbocycles. The Kier molecular flexibility index (Phi) is 2.90. The molecule has 0 amide bonds. The molecular formula is C14H19N3. The first-order valence-electron chi connectivity index (χ1n) is 6.59. The van der Waals surface area contributed by atoms with Gasteiger partial charge in [-0.05, 0) is 18.9 Å². The molecule has 0 N–H and O–H groups in total. The van der Waals surface area contributed by atoms with Crippen LogP contribution in [0.25, 0.3) is 0 Å². The molecule has 3 nitrogen and oxygen atoms in total. The number of fused-ring (bicyclic) bond motifs is 1. The first-order valence-corrected chi connectivity index (χ1v) is 6.59. The van der Waals surface area contributed by atoms with Crippen LogP contribution in [-0.4, -0.2) is 27.8 Å². The average molecular weight is 229 g/mol. The maximum atomic E-state index is 5.37. The van der Waals surface area contributed by atoms with Gasteiger partial charge < -0.3 is 0 Å². The van der Waals surface area contributed by atoms with E-state index >= 15 is 0 Å². The first-order chi connectivity index (χ1) is 8.36. The molecule has 1 fully saturated rings. The molecule has 0 atom stereocenters. The molecule has 1 saturated carbocycles. The minimum Gasteiger partial charge on any atom is -0.285 e. The van der Waals surface area contributed by atoms with Crippen molar-refractivity contribution in [3.63, 3.8) is 0 Å². The molecule has 1 aliphatic heterocycles. The maximum absolute atomic E-state index is 5.37. The van der Waals surface area contributed by atoms with Gasteiger partial charge in [0.2, 0.25) is 0 Å². The molecule has 90 valence electrons. The third-order valence-electron chi connectivity index (χ3n) is 3.98. The summed E-state index contributed by atoms with van der Waals surface area (Å²) in [5, 5.41) is 4.77. The minimum absolute atomic E-state index is 0.717. The predicted molar refractivity (Wildman–Crippen MR) is 67.5 cm³/mol. The fourth-order valence-electron chi connectivity index (χ4n) is 3.03. The largest absolute Gasteiger partial charge is 0.285 e. The van der Waals surface area contributed by atoms with E-state index in [1.54, 1.807) is 0 Å². The van der Waals surface area contributed by atoms with E-state index in [1.165, 1.54) is 37.1 Å². The standard InChI is InChI=1S/C14H19N3/c1-2-7-16-8-9-17-13(11-16)10-14(15-17)12-5-3-4-6-12/h1,10,12H,3-9,11H2. The lowest BCUT2D eigenvalue weighted by molar-refractivity contribution is 0.238. The summed E-state index contributed by atoms with van der Waals surface area (Å²) >= 11 is 0. The van der Waals surface area contributed by atoms with Crippen molar-refractivity contribution in [1.82, 2.24) is 14.7 Å². The molecule has 0 bridgehead atoms. The van der Waals surface area contributed by atoms with E-state index in [-0.39, 0.29) is 0 Å². The molecule has 1 aromatic rings. The van der Waals surface area contributed by atoms with Crippen LogP contribution in [0.2, 0.25) is 0 Å². The smallest absolute Gasteiger partial charge is 0.0658 e. The number of hydrogen-bond donors (Lipinski definition) is 0. The van der Waals surface area contributed by atoms with Gasteiger partial charge in [0.1, 0.15) is 0 Å². The zero-order valence-corrected chi connectivity index (χ0v) is 10.2. The first kappa shape index (κ1) is 10.9. The molecule has 3 rings (SSSR count). The SMILES string of the molecule is C#CCN1CCn2nc(C3CCCC3)cc2C1. The van der Waals surface area contributed by atoms with E-state index in [9.17, 15) is 0 Å². The normalized spacial score (nSPS) is 21.4. The fourth-order valence-corrected chi connectivity index (χ4v) is 3.03. The lowest BCUT2D eigenvalue weighted by Gasteiger charge is -2.25. The van der Waals surface area contributed by atoms with Crippen LogP contribution in [0.15, 0.2) is 6.07 Å². The third-order valence-corrected chi connectivity index (χ3v) is 3.98. The molecule has 2 aliphatic rings. The molecule has 0 unspecified atom stereocenters. The molecule has 0 radical (unpaired) electrons. The van der Waals surface area contributed by atoms with Crippen molar-refractivity contribution in [1.29, 1.82) is 0 Å². The van der Waals surface area contributed by atoms with E-state index in [4.69, 9.17) is 11.5 Å². The summed E-state index contributed by atoms with van der Waals surface area (Å²) in [5.41, 5.74) is 2.66. The van der Waals surface area contributed by atoms with Crippen molar-refractivity contribution in [2.75, 3.05) is 13.1 Å². The van der Waals surface area contributed by atoms with Crippen LogP contribution in [0.4, 0.5) is 0 Å². The Morgan fingerprint density at radius 1 is 1.35 bits per heavy atom. The second kappa shape index (κ2) is 4.54. The van der Waals surface area contributed by atoms with Crippen LogP contribution < -0.4 is 0 Å². The second-order valence-electron chi connectivity index (χ2n) is 5.18. The van der Waals surface area contributed by atoms with Gasteiger partial charge in [0, 0.05) is 19.0 Å². The maximum Gasteiger partial charge on any atom is 0.0658 e. The zero-order valence-electron chi connectivity index (χ0n) is 10.2. The summed E-state index contributed by atoms with van der Waals surface area (Å²) in [6, 6.07) is 2.30. The Labute approximate surface area is 103 Å². The van der Waals surface area contributed by atoms with Crippen LogP contribution >= 0.6 is 0 Å². The summed E-state index contributed by atoms with van der Waals surface area (Å²) in [7, 11) is 0. The highest BCUT2D eigenvalue weighted by Gasteiger charge is 2.23. The van der Waals surface area contributed by atoms with Crippen LogP contribution in [0.5, 0.6) is 0 Å². The number of nitrogens with zero attached hydrogens (tertiary/aromatic N) is 3. The van der Waals surface area contributed by atoms with Crippen molar-refractivity contribution in [2.45, 2.75) is 44.7 Å². The molecule has 2 heterocycles. The van der Waals surface area contributed by atoms with Crippen molar-refractivity contribution in [2.24, 2.45) is 0 Å². The molecular weight excluding hydrogens is 210 g/mol. The average Bonchev–Trinajstić information content (AvgIpc) is 2.97. The highest BCUT2D eigenvalue weighted by Crippen LogP contribution is 2.34. The summed E-state index contributed by atoms with van der Waals surface area (Å²) < 4.78 is 2.18. The summed E-state index contributed by atoms with van der Waals surface area (Å²) in [5.74, 6) is 3.44. The zero-order chi connectivity index (χ0) is 11.7. The van der Waals surface area contributed by atoms with Crippen molar-refractivity contribution in [3.05, 3.63) is 17.5 Å². The summed E-state index contributed by atoms with van der Waals surface area (Å²) in [6.07, 6.45) is 10.8. The Morgan fingerprint density at radius 3 is 2.94 bits per heavy atom. The molecule has 1 aromatic heterocycles. The Morgan fingerprint density at radius 2 is 2.18 bits per heavy atom. The van der Waals surface area contributed by atoms with E-state index in [2.05, 4.69) is 21.6 Å². The van der Waals surface area contributed by atoms with Crippen LogP contribution in [0.1, 0.15) is 43.0 Å². The molecule has 3 heteroatoms. The van der Waals surface area contributed by atoms with Crippen molar-refractivity contribution < 1.29 is 0 Å². The molecule has 0 saturated heterocycles. The van der Waals surface area contributed by atoms with Gasteiger partial charge in [-0.2, -0.15) is 5.10 Å². The van der Waals surface area contributed by atoms with Crippen LogP contribution in [0.3, 0.4) is 0 Å². The Bertz CT molecular complexity index is 435. The molecule has 0 spiro atoms. The monoisotopic (exact) mass is 229 g/mol. The summed E-state index contributed by atoms with van der Waals surface area (Å²) in [6.45, 7) is 3.74. The summed E-state index contributed by atoms with van der Waals surface area (Å²) in [4.78, 5) is 2.31. The number of hydrogen-bond acceptors (Lipinski definition) is 2. The van der Waals surface area contributed by atoms with Gasteiger partial charge in [0.25, 0.3) is 0 Å². The lowest BCUT2D eigenvalue weighted by atomic mass is 10.0. The Hall–Kier alpha value is -1.27. The van der Waals surface area contributed by atoms with Gasteiger partial charge in [0.15, 0.2) is 0 Å². The van der Waals surface area contributed by atoms with Crippen molar-refractivity contribution in [3.8, 4) is 12.3 Å². The third kappa shape index (κ3) is 2.10. The fraction of sp³-hybridized carbons (Fsp3) is 0.643. The van der Waals surface area contributed by atoms with Gasteiger partial charge in [-0.25, -0.2) is 0 Å². The van der Waals surface area contributed by atoms with Gasteiger partial charge in [-0.3, -0.25) is 9.58 Å². The van der Waals surface area contributed by atoms with E-state index in [0.29, 0.717) is 5.92 Å². The lowest BCUT2D eigenvalue weighted by Crippen LogP contribution is -2.33. The number of aromatic nitrogens is 2. The Balaban J connectivity index is 1.77. The van der Waals surface area contributed by atoms with Gasteiger partial charge in [0.05, 0.1) is 24.5 Å². The second-order valence-corrected chi connectivity index (χ2v) is 5.18.